The van der Waals surface area contributed by atoms with Gasteiger partial charge in [0.2, 0.25) is 0 Å². The van der Waals surface area contributed by atoms with Crippen molar-refractivity contribution < 1.29 is 9.90 Å². The number of aliphatic carboxylic acids is 1. The minimum Gasteiger partial charge on any atom is -0.480 e. The van der Waals surface area contributed by atoms with Gasteiger partial charge in [-0.1, -0.05) is 53.0 Å². The van der Waals surface area contributed by atoms with E-state index in [-0.39, 0.29) is 5.92 Å². The zero-order chi connectivity index (χ0) is 15.9. The van der Waals surface area contributed by atoms with Gasteiger partial charge in [0.1, 0.15) is 6.04 Å². The Labute approximate surface area is 138 Å². The monoisotopic (exact) mass is 335 g/mol. The summed E-state index contributed by atoms with van der Waals surface area (Å²) in [6, 6.07) is 10.9. The molecule has 2 aromatic carbocycles. The molecule has 0 radical (unpaired) electrons. The molecule has 2 unspecified atom stereocenters. The summed E-state index contributed by atoms with van der Waals surface area (Å²) in [7, 11) is 0. The Morgan fingerprint density at radius 3 is 2.55 bits per heavy atom. The van der Waals surface area contributed by atoms with Gasteiger partial charge in [0.15, 0.2) is 0 Å². The van der Waals surface area contributed by atoms with Crippen LogP contribution in [0.25, 0.3) is 0 Å². The first-order chi connectivity index (χ1) is 10.5. The van der Waals surface area contributed by atoms with E-state index in [4.69, 9.17) is 23.2 Å². The molecule has 3 nitrogen and oxygen atoms in total. The lowest BCUT2D eigenvalue weighted by atomic mass is 9.82. The summed E-state index contributed by atoms with van der Waals surface area (Å²) in [5.74, 6) is -0.943. The van der Waals surface area contributed by atoms with E-state index in [0.717, 1.165) is 16.7 Å². The number of halogens is 2. The molecule has 0 aromatic heterocycles. The van der Waals surface area contributed by atoms with Crippen LogP contribution in [0.5, 0.6) is 0 Å². The maximum absolute atomic E-state index is 11.4. The summed E-state index contributed by atoms with van der Waals surface area (Å²) in [6.45, 7) is 2.02. The molecule has 22 heavy (non-hydrogen) atoms. The Hall–Kier alpha value is -1.71. The fraction of sp³-hybridized carbons (Fsp3) is 0.235. The molecule has 114 valence electrons. The molecule has 2 aromatic rings. The Bertz CT molecular complexity index is 728. The van der Waals surface area contributed by atoms with E-state index in [9.17, 15) is 9.90 Å². The van der Waals surface area contributed by atoms with Crippen LogP contribution in [0.4, 0.5) is 5.69 Å². The number of benzene rings is 2. The van der Waals surface area contributed by atoms with Gasteiger partial charge in [0.05, 0.1) is 0 Å². The van der Waals surface area contributed by atoms with Crippen LogP contribution in [0, 0.1) is 6.92 Å². The zero-order valence-corrected chi connectivity index (χ0v) is 13.4. The van der Waals surface area contributed by atoms with Crippen molar-refractivity contribution >= 4 is 34.9 Å². The number of aryl methyl sites for hydroxylation is 1. The predicted molar refractivity (Wildman–Crippen MR) is 89.1 cm³/mol. The summed E-state index contributed by atoms with van der Waals surface area (Å²) in [4.78, 5) is 11.4. The molecule has 0 amide bonds. The molecule has 0 aliphatic carbocycles. The molecule has 0 bridgehead atoms. The number of fused-ring (bicyclic) bond motifs is 1. The summed E-state index contributed by atoms with van der Waals surface area (Å²) in [5.41, 5.74) is 3.83. The van der Waals surface area contributed by atoms with Crippen molar-refractivity contribution in [2.24, 2.45) is 0 Å². The first kappa shape index (κ1) is 15.2. The van der Waals surface area contributed by atoms with E-state index in [1.54, 1.807) is 12.1 Å². The standard InChI is InChI=1S/C17H15Cl2NO2/c1-9-2-4-10(5-3-9)12-8-15(17(21)22)20-14-7-11(18)6-13(19)16(12)14/h2-7,12,15,20H,8H2,1H3,(H,21,22). The van der Waals surface area contributed by atoms with Gasteiger partial charge in [-0.2, -0.15) is 0 Å². The Balaban J connectivity index is 2.13. The minimum atomic E-state index is -0.876. The van der Waals surface area contributed by atoms with Crippen molar-refractivity contribution in [1.82, 2.24) is 0 Å². The molecule has 1 aliphatic heterocycles. The molecule has 3 rings (SSSR count). The number of hydrogen-bond donors (Lipinski definition) is 2. The van der Waals surface area contributed by atoms with E-state index in [1.807, 2.05) is 31.2 Å². The van der Waals surface area contributed by atoms with Crippen LogP contribution in [0.3, 0.4) is 0 Å². The summed E-state index contributed by atoms with van der Waals surface area (Å²) >= 11 is 12.4. The normalized spacial score (nSPS) is 20.1. The van der Waals surface area contributed by atoms with E-state index < -0.39 is 12.0 Å². The first-order valence-electron chi connectivity index (χ1n) is 7.00. The average Bonchev–Trinajstić information content (AvgIpc) is 2.46. The maximum atomic E-state index is 11.4. The number of nitrogens with one attached hydrogen (secondary N) is 1. The molecular formula is C17H15Cl2NO2. The highest BCUT2D eigenvalue weighted by Gasteiger charge is 2.33. The van der Waals surface area contributed by atoms with E-state index in [0.29, 0.717) is 22.2 Å². The maximum Gasteiger partial charge on any atom is 0.326 e. The molecule has 1 heterocycles. The number of hydrogen-bond acceptors (Lipinski definition) is 2. The highest BCUT2D eigenvalue weighted by Crippen LogP contribution is 2.44. The third kappa shape index (κ3) is 2.79. The van der Waals surface area contributed by atoms with Gasteiger partial charge < -0.3 is 10.4 Å². The molecule has 5 heteroatoms. The largest absolute Gasteiger partial charge is 0.480 e. The molecule has 0 fully saturated rings. The van der Waals surface area contributed by atoms with Gasteiger partial charge in [-0.15, -0.1) is 0 Å². The number of anilines is 1. The molecule has 0 spiro atoms. The van der Waals surface area contributed by atoms with Gasteiger partial charge in [-0.3, -0.25) is 0 Å². The second-order valence-corrected chi connectivity index (χ2v) is 6.43. The highest BCUT2D eigenvalue weighted by atomic mass is 35.5. The third-order valence-electron chi connectivity index (χ3n) is 4.02. The molecule has 0 saturated heterocycles. The van der Waals surface area contributed by atoms with Gasteiger partial charge in [0, 0.05) is 27.2 Å². The number of rotatable bonds is 2. The van der Waals surface area contributed by atoms with E-state index in [2.05, 4.69) is 5.32 Å². The lowest BCUT2D eigenvalue weighted by molar-refractivity contribution is -0.138. The number of carbonyl (C=O) groups is 1. The molecule has 0 saturated carbocycles. The van der Waals surface area contributed by atoms with Gasteiger partial charge in [-0.05, 0) is 31.0 Å². The van der Waals surface area contributed by atoms with Crippen LogP contribution < -0.4 is 5.32 Å². The first-order valence-corrected chi connectivity index (χ1v) is 7.76. The quantitative estimate of drug-likeness (QED) is 0.835. The van der Waals surface area contributed by atoms with Gasteiger partial charge >= 0.3 is 5.97 Å². The summed E-state index contributed by atoms with van der Waals surface area (Å²) in [5, 5.41) is 13.5. The summed E-state index contributed by atoms with van der Waals surface area (Å²) < 4.78 is 0. The summed E-state index contributed by atoms with van der Waals surface area (Å²) in [6.07, 6.45) is 0.451. The van der Waals surface area contributed by atoms with Crippen LogP contribution in [-0.4, -0.2) is 17.1 Å². The Morgan fingerprint density at radius 1 is 1.23 bits per heavy atom. The smallest absolute Gasteiger partial charge is 0.326 e. The van der Waals surface area contributed by atoms with Crippen molar-refractivity contribution in [3.8, 4) is 0 Å². The Kier molecular flexibility index (Phi) is 4.02. The van der Waals surface area contributed by atoms with Crippen LogP contribution in [-0.2, 0) is 4.79 Å². The lowest BCUT2D eigenvalue weighted by Gasteiger charge is -2.32. The van der Waals surface area contributed by atoms with Crippen LogP contribution in [0.1, 0.15) is 29.0 Å². The highest BCUT2D eigenvalue weighted by molar-refractivity contribution is 6.35. The predicted octanol–water partition coefficient (Wildman–Crippen LogP) is 4.70. The minimum absolute atomic E-state index is 0.0669. The number of carboxylic acid groups (broad SMARTS) is 1. The zero-order valence-electron chi connectivity index (χ0n) is 11.9. The van der Waals surface area contributed by atoms with Gasteiger partial charge in [-0.25, -0.2) is 4.79 Å². The van der Waals surface area contributed by atoms with Crippen LogP contribution in [0.15, 0.2) is 36.4 Å². The van der Waals surface area contributed by atoms with Crippen molar-refractivity contribution in [3.05, 3.63) is 63.1 Å². The molecule has 1 aliphatic rings. The fourth-order valence-electron chi connectivity index (χ4n) is 2.92. The lowest BCUT2D eigenvalue weighted by Crippen LogP contribution is -2.35. The number of carboxylic acids is 1. The molecule has 2 atom stereocenters. The SMILES string of the molecule is Cc1ccc(C2CC(C(=O)O)Nc3cc(Cl)cc(Cl)c32)cc1. The van der Waals surface area contributed by atoms with Crippen molar-refractivity contribution in [3.63, 3.8) is 0 Å². The van der Waals surface area contributed by atoms with Gasteiger partial charge in [0.25, 0.3) is 0 Å². The average molecular weight is 336 g/mol. The van der Waals surface area contributed by atoms with E-state index in [1.165, 1.54) is 0 Å². The fourth-order valence-corrected chi connectivity index (χ4v) is 3.55. The van der Waals surface area contributed by atoms with Crippen molar-refractivity contribution in [2.75, 3.05) is 5.32 Å². The van der Waals surface area contributed by atoms with Crippen LogP contribution >= 0.6 is 23.2 Å². The second-order valence-electron chi connectivity index (χ2n) is 5.58. The molecular weight excluding hydrogens is 321 g/mol. The Morgan fingerprint density at radius 2 is 1.91 bits per heavy atom. The topological polar surface area (TPSA) is 49.3 Å². The van der Waals surface area contributed by atoms with Crippen molar-refractivity contribution in [1.29, 1.82) is 0 Å². The van der Waals surface area contributed by atoms with E-state index >= 15 is 0 Å². The van der Waals surface area contributed by atoms with Crippen LogP contribution in [0.2, 0.25) is 10.0 Å². The van der Waals surface area contributed by atoms with Crippen molar-refractivity contribution in [2.45, 2.75) is 25.3 Å². The molecule has 2 N–H and O–H groups in total. The third-order valence-corrected chi connectivity index (χ3v) is 4.55. The second kappa shape index (κ2) is 5.82.